The minimum absolute atomic E-state index is 0.128. The molecule has 7 nitrogen and oxygen atoms in total. The molecule has 1 heterocycles. The minimum atomic E-state index is -3.67. The summed E-state index contributed by atoms with van der Waals surface area (Å²) in [6.07, 6.45) is 0. The highest BCUT2D eigenvalue weighted by atomic mass is 32.2. The van der Waals surface area contributed by atoms with E-state index in [2.05, 4.69) is 5.32 Å². The first-order chi connectivity index (χ1) is 11.9. The normalized spacial score (nSPS) is 13.1. The van der Waals surface area contributed by atoms with E-state index in [1.165, 1.54) is 42.7 Å². The zero-order chi connectivity index (χ0) is 18.0. The quantitative estimate of drug-likeness (QED) is 0.873. The van der Waals surface area contributed by atoms with Crippen LogP contribution < -0.4 is 14.8 Å². The van der Waals surface area contributed by atoms with Crippen molar-refractivity contribution in [1.82, 2.24) is 9.62 Å². The third-order valence-corrected chi connectivity index (χ3v) is 5.71. The summed E-state index contributed by atoms with van der Waals surface area (Å²) in [4.78, 5) is 11.7. The van der Waals surface area contributed by atoms with Crippen LogP contribution in [0.3, 0.4) is 0 Å². The Balaban J connectivity index is 1.78. The van der Waals surface area contributed by atoms with Crippen LogP contribution in [0.15, 0.2) is 47.4 Å². The van der Waals surface area contributed by atoms with Gasteiger partial charge in [-0.3, -0.25) is 4.79 Å². The van der Waals surface area contributed by atoms with Crippen molar-refractivity contribution in [2.75, 3.05) is 20.9 Å². The van der Waals surface area contributed by atoms with Gasteiger partial charge in [-0.2, -0.15) is 4.31 Å². The first-order valence-corrected chi connectivity index (χ1v) is 9.03. The van der Waals surface area contributed by atoms with Crippen molar-refractivity contribution < 1.29 is 22.7 Å². The third kappa shape index (κ3) is 3.45. The number of nitrogens with one attached hydrogen (secondary N) is 1. The molecule has 0 aromatic heterocycles. The van der Waals surface area contributed by atoms with E-state index in [0.29, 0.717) is 17.1 Å². The second-order valence-electron chi connectivity index (χ2n) is 5.55. The number of fused-ring (bicyclic) bond motifs is 1. The van der Waals surface area contributed by atoms with Gasteiger partial charge < -0.3 is 14.8 Å². The largest absolute Gasteiger partial charge is 0.454 e. The van der Waals surface area contributed by atoms with Gasteiger partial charge in [0.25, 0.3) is 5.91 Å². The van der Waals surface area contributed by atoms with Gasteiger partial charge in [-0.25, -0.2) is 8.42 Å². The molecule has 25 heavy (non-hydrogen) atoms. The maximum absolute atomic E-state index is 12.7. The van der Waals surface area contributed by atoms with Crippen LogP contribution in [0.5, 0.6) is 11.5 Å². The fourth-order valence-electron chi connectivity index (χ4n) is 2.48. The molecule has 1 N–H and O–H groups in total. The summed E-state index contributed by atoms with van der Waals surface area (Å²) in [7, 11) is -0.644. The van der Waals surface area contributed by atoms with E-state index in [9.17, 15) is 13.2 Å². The maximum atomic E-state index is 12.7. The summed E-state index contributed by atoms with van der Waals surface area (Å²) >= 11 is 0. The Hall–Kier alpha value is -2.58. The fraction of sp³-hybridized carbons (Fsp3) is 0.235. The first-order valence-electron chi connectivity index (χ1n) is 7.59. The van der Waals surface area contributed by atoms with Crippen molar-refractivity contribution in [1.29, 1.82) is 0 Å². The standard InChI is InChI=1S/C17H18N2O5S/c1-18-17(20)13-4-6-14(7-5-13)25(21,22)19(2)10-12-3-8-15-16(9-12)24-11-23-15/h3-9H,10-11H2,1-2H3,(H,18,20). The molecule has 0 radical (unpaired) electrons. The van der Waals surface area contributed by atoms with Crippen LogP contribution in [0.25, 0.3) is 0 Å². The molecule has 132 valence electrons. The number of carbonyl (C=O) groups excluding carboxylic acids is 1. The Bertz CT molecular complexity index is 894. The molecular formula is C17H18N2O5S. The lowest BCUT2D eigenvalue weighted by Gasteiger charge is -2.17. The topological polar surface area (TPSA) is 84.9 Å². The lowest BCUT2D eigenvalue weighted by Crippen LogP contribution is -2.26. The Labute approximate surface area is 146 Å². The number of benzene rings is 2. The van der Waals surface area contributed by atoms with Crippen molar-refractivity contribution >= 4 is 15.9 Å². The Morgan fingerprint density at radius 3 is 2.48 bits per heavy atom. The van der Waals surface area contributed by atoms with Crippen LogP contribution in [0.4, 0.5) is 0 Å². The highest BCUT2D eigenvalue weighted by Gasteiger charge is 2.22. The lowest BCUT2D eigenvalue weighted by atomic mass is 10.2. The summed E-state index contributed by atoms with van der Waals surface area (Å²) < 4.78 is 37.2. The van der Waals surface area contributed by atoms with Crippen molar-refractivity contribution in [2.24, 2.45) is 0 Å². The highest BCUT2D eigenvalue weighted by Crippen LogP contribution is 2.33. The number of amides is 1. The zero-order valence-corrected chi connectivity index (χ0v) is 14.7. The van der Waals surface area contributed by atoms with Crippen LogP contribution in [-0.2, 0) is 16.6 Å². The number of ether oxygens (including phenoxy) is 2. The Kier molecular flexibility index (Phi) is 4.65. The predicted octanol–water partition coefficient (Wildman–Crippen LogP) is 1.60. The fourth-order valence-corrected chi connectivity index (χ4v) is 3.64. The molecule has 1 amide bonds. The molecule has 2 aromatic rings. The molecule has 0 unspecified atom stereocenters. The molecule has 8 heteroatoms. The van der Waals surface area contributed by atoms with Crippen LogP contribution in [0.2, 0.25) is 0 Å². The van der Waals surface area contributed by atoms with Gasteiger partial charge in [0, 0.05) is 26.2 Å². The number of hydrogen-bond acceptors (Lipinski definition) is 5. The van der Waals surface area contributed by atoms with E-state index in [1.54, 1.807) is 18.2 Å². The lowest BCUT2D eigenvalue weighted by molar-refractivity contribution is 0.0963. The van der Waals surface area contributed by atoms with Gasteiger partial charge in [0.15, 0.2) is 11.5 Å². The molecule has 0 fully saturated rings. The highest BCUT2D eigenvalue weighted by molar-refractivity contribution is 7.89. The predicted molar refractivity (Wildman–Crippen MR) is 91.1 cm³/mol. The molecule has 0 aliphatic carbocycles. The first kappa shape index (κ1) is 17.2. The molecule has 0 saturated heterocycles. The van der Waals surface area contributed by atoms with Gasteiger partial charge in [-0.15, -0.1) is 0 Å². The van der Waals surface area contributed by atoms with E-state index >= 15 is 0 Å². The van der Waals surface area contributed by atoms with E-state index in [4.69, 9.17) is 9.47 Å². The third-order valence-electron chi connectivity index (χ3n) is 3.89. The van der Waals surface area contributed by atoms with Gasteiger partial charge in [0.2, 0.25) is 16.8 Å². The molecule has 2 aromatic carbocycles. The van der Waals surface area contributed by atoms with Crippen LogP contribution in [0.1, 0.15) is 15.9 Å². The maximum Gasteiger partial charge on any atom is 0.251 e. The molecule has 0 spiro atoms. The minimum Gasteiger partial charge on any atom is -0.454 e. The van der Waals surface area contributed by atoms with Crippen LogP contribution in [-0.4, -0.2) is 39.5 Å². The van der Waals surface area contributed by atoms with Gasteiger partial charge in [0.05, 0.1) is 4.90 Å². The second-order valence-corrected chi connectivity index (χ2v) is 7.60. The van der Waals surface area contributed by atoms with Crippen LogP contribution >= 0.6 is 0 Å². The molecule has 0 atom stereocenters. The molecule has 1 aliphatic heterocycles. The smallest absolute Gasteiger partial charge is 0.251 e. The average Bonchev–Trinajstić information content (AvgIpc) is 3.08. The summed E-state index contributed by atoms with van der Waals surface area (Å²) in [5, 5.41) is 2.49. The molecule has 0 saturated carbocycles. The van der Waals surface area contributed by atoms with Gasteiger partial charge in [-0.05, 0) is 42.0 Å². The average molecular weight is 362 g/mol. The van der Waals surface area contributed by atoms with Crippen LogP contribution in [0, 0.1) is 0 Å². The van der Waals surface area contributed by atoms with Crippen molar-refractivity contribution in [3.05, 3.63) is 53.6 Å². The van der Waals surface area contributed by atoms with Crippen molar-refractivity contribution in [3.8, 4) is 11.5 Å². The van der Waals surface area contributed by atoms with Crippen molar-refractivity contribution in [3.63, 3.8) is 0 Å². The Morgan fingerprint density at radius 1 is 1.12 bits per heavy atom. The molecule has 0 bridgehead atoms. The van der Waals surface area contributed by atoms with E-state index < -0.39 is 10.0 Å². The van der Waals surface area contributed by atoms with Gasteiger partial charge in [0.1, 0.15) is 0 Å². The summed E-state index contributed by atoms with van der Waals surface area (Å²) in [5.41, 5.74) is 1.19. The van der Waals surface area contributed by atoms with Crippen molar-refractivity contribution in [2.45, 2.75) is 11.4 Å². The summed E-state index contributed by atoms with van der Waals surface area (Å²) in [5.74, 6) is 0.995. The Morgan fingerprint density at radius 2 is 1.80 bits per heavy atom. The number of carbonyl (C=O) groups is 1. The molecule has 3 rings (SSSR count). The van der Waals surface area contributed by atoms with Gasteiger partial charge >= 0.3 is 0 Å². The second kappa shape index (κ2) is 6.73. The summed E-state index contributed by atoms with van der Waals surface area (Å²) in [6, 6.07) is 11.2. The van der Waals surface area contributed by atoms with E-state index in [0.717, 1.165) is 5.56 Å². The zero-order valence-electron chi connectivity index (χ0n) is 13.9. The van der Waals surface area contributed by atoms with E-state index in [-0.39, 0.29) is 24.1 Å². The van der Waals surface area contributed by atoms with Gasteiger partial charge in [-0.1, -0.05) is 6.07 Å². The number of rotatable bonds is 5. The van der Waals surface area contributed by atoms with E-state index in [1.807, 2.05) is 0 Å². The summed E-state index contributed by atoms with van der Waals surface area (Å²) in [6.45, 7) is 0.362. The monoisotopic (exact) mass is 362 g/mol. The number of sulfonamides is 1. The molecular weight excluding hydrogens is 344 g/mol. The molecule has 1 aliphatic rings. The number of hydrogen-bond donors (Lipinski definition) is 1. The SMILES string of the molecule is CNC(=O)c1ccc(S(=O)(=O)N(C)Cc2ccc3c(c2)OCO3)cc1. The number of nitrogens with zero attached hydrogens (tertiary/aromatic N) is 1.